The zero-order chi connectivity index (χ0) is 14.8. The van der Waals surface area contributed by atoms with Crippen LogP contribution in [0.15, 0.2) is 12.1 Å². The van der Waals surface area contributed by atoms with E-state index in [0.717, 1.165) is 13.0 Å². The highest BCUT2D eigenvalue weighted by Gasteiger charge is 2.33. The van der Waals surface area contributed by atoms with Crippen molar-refractivity contribution in [3.63, 3.8) is 0 Å². The molecule has 19 heavy (non-hydrogen) atoms. The molecule has 0 unspecified atom stereocenters. The lowest BCUT2D eigenvalue weighted by Gasteiger charge is -2.22. The monoisotopic (exact) mass is 276 g/mol. The van der Waals surface area contributed by atoms with Crippen LogP contribution in [0.1, 0.15) is 23.0 Å². The van der Waals surface area contributed by atoms with Crippen LogP contribution in [0.4, 0.5) is 19.0 Å². The van der Waals surface area contributed by atoms with Crippen LogP contribution in [0, 0.1) is 6.92 Å². The first-order valence-corrected chi connectivity index (χ1v) is 5.17. The number of carbonyl (C=O) groups is 2. The number of aromatic nitrogens is 1. The van der Waals surface area contributed by atoms with Crippen molar-refractivity contribution < 1.29 is 27.9 Å². The Kier molecular flexibility index (Phi) is 4.13. The molecule has 0 saturated heterocycles. The lowest BCUT2D eigenvalue weighted by molar-refractivity contribution is -0.131. The van der Waals surface area contributed by atoms with Crippen molar-refractivity contribution in [2.45, 2.75) is 20.0 Å². The molecule has 8 heteroatoms. The van der Waals surface area contributed by atoms with Crippen LogP contribution in [-0.2, 0) is 4.79 Å². The lowest BCUT2D eigenvalue weighted by atomic mass is 10.2. The normalized spacial score (nSPS) is 11.2. The van der Waals surface area contributed by atoms with Crippen LogP contribution in [0.25, 0.3) is 0 Å². The number of pyridine rings is 1. The van der Waals surface area contributed by atoms with Gasteiger partial charge in [-0.15, -0.1) is 0 Å². The Labute approximate surface area is 106 Å². The second kappa shape index (κ2) is 5.25. The third-order valence-corrected chi connectivity index (χ3v) is 2.18. The summed E-state index contributed by atoms with van der Waals surface area (Å²) in [5.41, 5.74) is -0.0146. The molecule has 0 aliphatic carbocycles. The smallest absolute Gasteiger partial charge is 0.406 e. The van der Waals surface area contributed by atoms with Gasteiger partial charge < -0.3 is 5.11 Å². The topological polar surface area (TPSA) is 70.5 Å². The Morgan fingerprint density at radius 3 is 2.37 bits per heavy atom. The van der Waals surface area contributed by atoms with Gasteiger partial charge in [0.1, 0.15) is 12.4 Å². The van der Waals surface area contributed by atoms with E-state index in [-0.39, 0.29) is 17.1 Å². The summed E-state index contributed by atoms with van der Waals surface area (Å²) in [5, 5.41) is 8.83. The molecule has 104 valence electrons. The van der Waals surface area contributed by atoms with Gasteiger partial charge in [0.2, 0.25) is 5.91 Å². The maximum atomic E-state index is 12.4. The summed E-state index contributed by atoms with van der Waals surface area (Å²) in [7, 11) is 0. The first-order chi connectivity index (χ1) is 8.60. The van der Waals surface area contributed by atoms with Crippen molar-refractivity contribution in [1.82, 2.24) is 4.98 Å². The van der Waals surface area contributed by atoms with Crippen LogP contribution < -0.4 is 4.90 Å². The molecule has 1 aromatic rings. The van der Waals surface area contributed by atoms with Gasteiger partial charge in [-0.2, -0.15) is 13.2 Å². The van der Waals surface area contributed by atoms with Crippen LogP contribution in [0.5, 0.6) is 0 Å². The zero-order valence-corrected chi connectivity index (χ0v) is 10.2. The minimum absolute atomic E-state index is 0.211. The minimum atomic E-state index is -4.60. The Balaban J connectivity index is 3.23. The van der Waals surface area contributed by atoms with Crippen molar-refractivity contribution in [3.8, 4) is 0 Å². The number of amides is 1. The molecule has 1 heterocycles. The predicted octanol–water partition coefficient (Wildman–Crippen LogP) is 2.00. The fraction of sp³-hybridized carbons (Fsp3) is 0.364. The quantitative estimate of drug-likeness (QED) is 0.916. The van der Waals surface area contributed by atoms with Crippen LogP contribution in [0.3, 0.4) is 0 Å². The van der Waals surface area contributed by atoms with E-state index >= 15 is 0 Å². The van der Waals surface area contributed by atoms with Gasteiger partial charge in [-0.1, -0.05) is 0 Å². The van der Waals surface area contributed by atoms with Crippen molar-refractivity contribution in [3.05, 3.63) is 23.4 Å². The van der Waals surface area contributed by atoms with E-state index in [1.54, 1.807) is 0 Å². The number of aryl methyl sites for hydroxylation is 1. The number of carbonyl (C=O) groups excluding carboxylic acids is 1. The molecule has 0 radical (unpaired) electrons. The summed E-state index contributed by atoms with van der Waals surface area (Å²) >= 11 is 0. The predicted molar refractivity (Wildman–Crippen MR) is 60.0 cm³/mol. The average Bonchev–Trinajstić information content (AvgIpc) is 2.23. The Morgan fingerprint density at radius 1 is 1.37 bits per heavy atom. The van der Waals surface area contributed by atoms with Crippen molar-refractivity contribution >= 4 is 17.7 Å². The van der Waals surface area contributed by atoms with Crippen molar-refractivity contribution in [1.29, 1.82) is 0 Å². The number of hydrogen-bond acceptors (Lipinski definition) is 3. The fourth-order valence-corrected chi connectivity index (χ4v) is 1.45. The number of carboxylic acid groups (broad SMARTS) is 1. The number of hydrogen-bond donors (Lipinski definition) is 1. The number of anilines is 1. The molecular formula is C11H11F3N2O3. The number of alkyl halides is 3. The molecule has 0 saturated carbocycles. The highest BCUT2D eigenvalue weighted by Crippen LogP contribution is 2.22. The van der Waals surface area contributed by atoms with Gasteiger partial charge in [-0.05, 0) is 19.1 Å². The highest BCUT2D eigenvalue weighted by molar-refractivity contribution is 5.93. The number of rotatable bonds is 3. The molecule has 1 N–H and O–H groups in total. The Bertz CT molecular complexity index is 514. The summed E-state index contributed by atoms with van der Waals surface area (Å²) in [6.45, 7) is 0.871. The standard InChI is InChI=1S/C11H11F3N2O3/c1-6-3-8(10(18)19)4-9(15-6)16(7(2)17)5-11(12,13)14/h3-4H,5H2,1-2H3,(H,18,19). The molecule has 0 bridgehead atoms. The summed E-state index contributed by atoms with van der Waals surface area (Å²) in [5.74, 6) is -2.50. The Hall–Kier alpha value is -2.12. The Morgan fingerprint density at radius 2 is 1.95 bits per heavy atom. The van der Waals surface area contributed by atoms with Gasteiger partial charge in [0.25, 0.3) is 0 Å². The van der Waals surface area contributed by atoms with E-state index < -0.39 is 24.6 Å². The molecule has 1 amide bonds. The second-order valence-electron chi connectivity index (χ2n) is 3.88. The zero-order valence-electron chi connectivity index (χ0n) is 10.2. The molecule has 0 aromatic carbocycles. The van der Waals surface area contributed by atoms with E-state index in [0.29, 0.717) is 4.90 Å². The SMILES string of the molecule is CC(=O)N(CC(F)(F)F)c1cc(C(=O)O)cc(C)n1. The first-order valence-electron chi connectivity index (χ1n) is 5.17. The third kappa shape index (κ3) is 4.23. The molecule has 5 nitrogen and oxygen atoms in total. The number of halogens is 3. The molecule has 0 spiro atoms. The van der Waals surface area contributed by atoms with E-state index in [4.69, 9.17) is 5.11 Å². The number of carboxylic acids is 1. The molecule has 1 rings (SSSR count). The van der Waals surface area contributed by atoms with Gasteiger partial charge in [-0.3, -0.25) is 9.69 Å². The first kappa shape index (κ1) is 14.9. The fourth-order valence-electron chi connectivity index (χ4n) is 1.45. The number of nitrogens with zero attached hydrogens (tertiary/aromatic N) is 2. The molecular weight excluding hydrogens is 265 g/mol. The molecule has 0 aliphatic rings. The van der Waals surface area contributed by atoms with E-state index in [2.05, 4.69) is 4.98 Å². The molecule has 1 aromatic heterocycles. The van der Waals surface area contributed by atoms with Crippen LogP contribution >= 0.6 is 0 Å². The van der Waals surface area contributed by atoms with Crippen LogP contribution in [-0.4, -0.2) is 34.7 Å². The molecule has 0 aliphatic heterocycles. The van der Waals surface area contributed by atoms with Gasteiger partial charge >= 0.3 is 12.1 Å². The largest absolute Gasteiger partial charge is 0.478 e. The molecule has 0 fully saturated rings. The van der Waals surface area contributed by atoms with Gasteiger partial charge in [-0.25, -0.2) is 9.78 Å². The highest BCUT2D eigenvalue weighted by atomic mass is 19.4. The minimum Gasteiger partial charge on any atom is -0.478 e. The van der Waals surface area contributed by atoms with Crippen LogP contribution in [0.2, 0.25) is 0 Å². The molecule has 0 atom stereocenters. The van der Waals surface area contributed by atoms with Crippen molar-refractivity contribution in [2.24, 2.45) is 0 Å². The maximum Gasteiger partial charge on any atom is 0.406 e. The lowest BCUT2D eigenvalue weighted by Crippen LogP contribution is -2.38. The average molecular weight is 276 g/mol. The summed E-state index contributed by atoms with van der Waals surface area (Å²) in [6.07, 6.45) is -4.60. The summed E-state index contributed by atoms with van der Waals surface area (Å²) in [4.78, 5) is 26.2. The van der Waals surface area contributed by atoms with Gasteiger partial charge in [0.15, 0.2) is 0 Å². The summed E-state index contributed by atoms with van der Waals surface area (Å²) in [6, 6.07) is 2.14. The van der Waals surface area contributed by atoms with Gasteiger partial charge in [0, 0.05) is 12.6 Å². The third-order valence-electron chi connectivity index (χ3n) is 2.18. The van der Waals surface area contributed by atoms with E-state index in [1.807, 2.05) is 0 Å². The van der Waals surface area contributed by atoms with E-state index in [9.17, 15) is 22.8 Å². The second-order valence-corrected chi connectivity index (χ2v) is 3.88. The maximum absolute atomic E-state index is 12.4. The van der Waals surface area contributed by atoms with E-state index in [1.165, 1.54) is 13.0 Å². The summed E-state index contributed by atoms with van der Waals surface area (Å²) < 4.78 is 37.1. The number of aromatic carboxylic acids is 1. The van der Waals surface area contributed by atoms with Crippen molar-refractivity contribution in [2.75, 3.05) is 11.4 Å². The van der Waals surface area contributed by atoms with Gasteiger partial charge in [0.05, 0.1) is 5.56 Å².